The lowest BCUT2D eigenvalue weighted by Gasteiger charge is -1.94. The van der Waals surface area contributed by atoms with E-state index >= 15 is 0 Å². The molecule has 0 amide bonds. The van der Waals surface area contributed by atoms with E-state index in [-0.39, 0.29) is 5.96 Å². The van der Waals surface area contributed by atoms with Gasteiger partial charge in [0.15, 0.2) is 5.96 Å². The fourth-order valence-corrected chi connectivity index (χ4v) is 2.08. The third kappa shape index (κ3) is 2.58. The van der Waals surface area contributed by atoms with Crippen molar-refractivity contribution in [2.24, 2.45) is 16.5 Å². The Hall–Kier alpha value is -1.88. The van der Waals surface area contributed by atoms with Gasteiger partial charge in [-0.15, -0.1) is 11.3 Å². The van der Waals surface area contributed by atoms with E-state index in [4.69, 9.17) is 11.5 Å². The molecular weight excluding hydrogens is 220 g/mol. The predicted octanol–water partition coefficient (Wildman–Crippen LogP) is 1.58. The predicted molar refractivity (Wildman–Crippen MR) is 67.1 cm³/mol. The summed E-state index contributed by atoms with van der Waals surface area (Å²) in [5.41, 5.74) is 12.5. The summed E-state index contributed by atoms with van der Waals surface area (Å²) >= 11 is 1.59. The number of guanidine groups is 1. The van der Waals surface area contributed by atoms with Crippen LogP contribution in [0.5, 0.6) is 0 Å². The molecule has 2 rings (SSSR count). The van der Waals surface area contributed by atoms with Gasteiger partial charge in [0.25, 0.3) is 0 Å². The highest BCUT2D eigenvalue weighted by Gasteiger charge is 2.03. The van der Waals surface area contributed by atoms with Gasteiger partial charge in [-0.3, -0.25) is 0 Å². The smallest absolute Gasteiger partial charge is 0.186 e. The summed E-state index contributed by atoms with van der Waals surface area (Å²) in [5.74, 6) is 0.0919. The molecule has 0 radical (unpaired) electrons. The second kappa shape index (κ2) is 4.76. The molecular formula is C11H12N4S. The lowest BCUT2D eigenvalue weighted by Crippen LogP contribution is -2.22. The number of nitrogens with two attached hydrogens (primary N) is 2. The van der Waals surface area contributed by atoms with Gasteiger partial charge in [-0.2, -0.15) is 0 Å². The Balaban J connectivity index is 2.17. The molecule has 5 heteroatoms. The zero-order valence-electron chi connectivity index (χ0n) is 8.63. The van der Waals surface area contributed by atoms with Crippen LogP contribution in [0.4, 0.5) is 0 Å². The average molecular weight is 232 g/mol. The second-order valence-electron chi connectivity index (χ2n) is 3.25. The van der Waals surface area contributed by atoms with E-state index < -0.39 is 0 Å². The van der Waals surface area contributed by atoms with E-state index in [0.29, 0.717) is 6.54 Å². The van der Waals surface area contributed by atoms with E-state index in [2.05, 4.69) is 9.98 Å². The van der Waals surface area contributed by atoms with Crippen LogP contribution < -0.4 is 11.5 Å². The quantitative estimate of drug-likeness (QED) is 0.623. The zero-order valence-corrected chi connectivity index (χ0v) is 9.45. The number of nitrogens with zero attached hydrogens (tertiary/aromatic N) is 2. The molecule has 0 saturated carbocycles. The summed E-state index contributed by atoms with van der Waals surface area (Å²) in [6.07, 6.45) is 0. The van der Waals surface area contributed by atoms with Crippen molar-refractivity contribution < 1.29 is 0 Å². The number of hydrogen-bond donors (Lipinski definition) is 2. The fourth-order valence-electron chi connectivity index (χ4n) is 1.27. The van der Waals surface area contributed by atoms with Crippen LogP contribution in [-0.2, 0) is 6.54 Å². The van der Waals surface area contributed by atoms with Crippen molar-refractivity contribution in [2.75, 3.05) is 0 Å². The first-order chi connectivity index (χ1) is 7.75. The van der Waals surface area contributed by atoms with Gasteiger partial charge >= 0.3 is 0 Å². The van der Waals surface area contributed by atoms with Crippen LogP contribution in [-0.4, -0.2) is 10.9 Å². The van der Waals surface area contributed by atoms with E-state index in [1.165, 1.54) is 0 Å². The van der Waals surface area contributed by atoms with E-state index in [9.17, 15) is 0 Å². The van der Waals surface area contributed by atoms with Crippen molar-refractivity contribution in [3.8, 4) is 10.6 Å². The molecule has 0 fully saturated rings. The van der Waals surface area contributed by atoms with E-state index in [0.717, 1.165) is 16.3 Å². The number of benzene rings is 1. The molecule has 1 aromatic heterocycles. The van der Waals surface area contributed by atoms with Crippen LogP contribution in [0.2, 0.25) is 0 Å². The van der Waals surface area contributed by atoms with Crippen LogP contribution in [0.15, 0.2) is 40.7 Å². The highest BCUT2D eigenvalue weighted by Crippen LogP contribution is 2.23. The SMILES string of the molecule is NC(N)=NCc1csc(-c2ccccc2)n1. The van der Waals surface area contributed by atoms with Crippen LogP contribution in [0.1, 0.15) is 5.69 Å². The van der Waals surface area contributed by atoms with Crippen molar-refractivity contribution in [3.63, 3.8) is 0 Å². The summed E-state index contributed by atoms with van der Waals surface area (Å²) in [5, 5.41) is 2.95. The lowest BCUT2D eigenvalue weighted by molar-refractivity contribution is 1.00. The molecule has 4 N–H and O–H groups in total. The van der Waals surface area contributed by atoms with Gasteiger partial charge in [0, 0.05) is 10.9 Å². The van der Waals surface area contributed by atoms with Crippen molar-refractivity contribution in [1.82, 2.24) is 4.98 Å². The summed E-state index contributed by atoms with van der Waals surface area (Å²) in [6, 6.07) is 10.0. The largest absolute Gasteiger partial charge is 0.370 e. The summed E-state index contributed by atoms with van der Waals surface area (Å²) in [7, 11) is 0. The highest BCUT2D eigenvalue weighted by molar-refractivity contribution is 7.13. The Labute approximate surface area is 97.7 Å². The molecule has 0 aliphatic rings. The summed E-state index contributed by atoms with van der Waals surface area (Å²) in [4.78, 5) is 8.37. The number of thiazole rings is 1. The fraction of sp³-hybridized carbons (Fsp3) is 0.0909. The van der Waals surface area contributed by atoms with E-state index in [1.54, 1.807) is 11.3 Å². The van der Waals surface area contributed by atoms with Gasteiger partial charge in [0.05, 0.1) is 12.2 Å². The number of aliphatic imine (C=N–C) groups is 1. The van der Waals surface area contributed by atoms with Crippen molar-refractivity contribution in [3.05, 3.63) is 41.4 Å². The molecule has 0 saturated heterocycles. The Bertz CT molecular complexity index is 486. The molecule has 0 unspecified atom stereocenters. The molecule has 0 spiro atoms. The third-order valence-corrected chi connectivity index (χ3v) is 2.94. The summed E-state index contributed by atoms with van der Waals surface area (Å²) < 4.78 is 0. The first-order valence-corrected chi connectivity index (χ1v) is 5.69. The van der Waals surface area contributed by atoms with Crippen molar-refractivity contribution >= 4 is 17.3 Å². The standard InChI is InChI=1S/C11H12N4S/c12-11(13)14-6-9-7-16-10(15-9)8-4-2-1-3-5-8/h1-5,7H,6H2,(H4,12,13,14). The molecule has 0 atom stereocenters. The first-order valence-electron chi connectivity index (χ1n) is 4.81. The summed E-state index contributed by atoms with van der Waals surface area (Å²) in [6.45, 7) is 0.436. The number of aromatic nitrogens is 1. The molecule has 0 aliphatic carbocycles. The van der Waals surface area contributed by atoms with Gasteiger partial charge in [-0.25, -0.2) is 9.98 Å². The Morgan fingerprint density at radius 2 is 2.00 bits per heavy atom. The minimum atomic E-state index is 0.0919. The number of hydrogen-bond acceptors (Lipinski definition) is 3. The lowest BCUT2D eigenvalue weighted by atomic mass is 10.2. The topological polar surface area (TPSA) is 77.3 Å². The number of rotatable bonds is 3. The molecule has 82 valence electrons. The highest BCUT2D eigenvalue weighted by atomic mass is 32.1. The minimum absolute atomic E-state index is 0.0919. The van der Waals surface area contributed by atoms with Crippen LogP contribution >= 0.6 is 11.3 Å². The molecule has 1 heterocycles. The zero-order chi connectivity index (χ0) is 11.4. The molecule has 16 heavy (non-hydrogen) atoms. The third-order valence-electron chi connectivity index (χ3n) is 2.00. The van der Waals surface area contributed by atoms with Crippen molar-refractivity contribution in [2.45, 2.75) is 6.54 Å². The molecule has 0 bridgehead atoms. The van der Waals surface area contributed by atoms with Gasteiger partial charge in [0.1, 0.15) is 5.01 Å². The maximum atomic E-state index is 5.26. The molecule has 1 aromatic carbocycles. The van der Waals surface area contributed by atoms with Gasteiger partial charge in [-0.1, -0.05) is 30.3 Å². The first kappa shape index (κ1) is 10.6. The minimum Gasteiger partial charge on any atom is -0.370 e. The molecule has 2 aromatic rings. The van der Waals surface area contributed by atoms with Gasteiger partial charge in [-0.05, 0) is 0 Å². The average Bonchev–Trinajstić information content (AvgIpc) is 2.76. The second-order valence-corrected chi connectivity index (χ2v) is 4.11. The maximum absolute atomic E-state index is 5.26. The normalized spacial score (nSPS) is 10.0. The van der Waals surface area contributed by atoms with Crippen LogP contribution in [0, 0.1) is 0 Å². The van der Waals surface area contributed by atoms with E-state index in [1.807, 2.05) is 35.7 Å². The Morgan fingerprint density at radius 3 is 2.69 bits per heavy atom. The van der Waals surface area contributed by atoms with Crippen LogP contribution in [0.25, 0.3) is 10.6 Å². The molecule has 0 aliphatic heterocycles. The monoisotopic (exact) mass is 232 g/mol. The Morgan fingerprint density at radius 1 is 1.25 bits per heavy atom. The van der Waals surface area contributed by atoms with Crippen molar-refractivity contribution in [1.29, 1.82) is 0 Å². The van der Waals surface area contributed by atoms with Crippen LogP contribution in [0.3, 0.4) is 0 Å². The maximum Gasteiger partial charge on any atom is 0.186 e. The Kier molecular flexibility index (Phi) is 3.16. The van der Waals surface area contributed by atoms with Gasteiger partial charge < -0.3 is 11.5 Å². The van der Waals surface area contributed by atoms with Gasteiger partial charge in [0.2, 0.25) is 0 Å². The molecule has 4 nitrogen and oxygen atoms in total.